The lowest BCUT2D eigenvalue weighted by Gasteiger charge is -2.42. The largest absolute Gasteiger partial charge is 0.486 e. The number of benzene rings is 1. The molecule has 2 saturated heterocycles. The van der Waals surface area contributed by atoms with E-state index < -0.39 is 0 Å². The van der Waals surface area contributed by atoms with Crippen LogP contribution in [0.3, 0.4) is 0 Å². The van der Waals surface area contributed by atoms with Crippen molar-refractivity contribution in [1.29, 1.82) is 0 Å². The summed E-state index contributed by atoms with van der Waals surface area (Å²) in [5.74, 6) is 1.71. The number of nitrogens with zero attached hydrogens (tertiary/aromatic N) is 6. The van der Waals surface area contributed by atoms with Crippen molar-refractivity contribution in [2.24, 2.45) is 0 Å². The Morgan fingerprint density at radius 2 is 1.88 bits per heavy atom. The fourth-order valence-electron chi connectivity index (χ4n) is 6.24. The number of aromatic nitrogens is 5. The van der Waals surface area contributed by atoms with E-state index in [4.69, 9.17) is 9.72 Å². The molecule has 1 unspecified atom stereocenters. The molecule has 10 nitrogen and oxygen atoms in total. The SMILES string of the molecule is CC(Oc1ccc2[nH]nc(-c3ccc(N4C[C@H]5CC[C@@H](C4)N5C(=O)N(C)C)nc3)c2c1)c1ccnc2[nH]ccc12. The highest BCUT2D eigenvalue weighted by Gasteiger charge is 2.43. The fraction of sp³-hybridized carbons (Fsp3) is 0.333. The highest BCUT2D eigenvalue weighted by Crippen LogP contribution is 2.35. The maximum absolute atomic E-state index is 12.7. The van der Waals surface area contributed by atoms with Gasteiger partial charge in [0.15, 0.2) is 0 Å². The average molecular weight is 537 g/mol. The molecular formula is C30H32N8O2. The molecule has 2 aliphatic heterocycles. The molecule has 2 fully saturated rings. The first-order valence-electron chi connectivity index (χ1n) is 13.7. The van der Waals surface area contributed by atoms with Crippen molar-refractivity contribution in [3.63, 3.8) is 0 Å². The molecule has 0 saturated carbocycles. The molecule has 7 rings (SSSR count). The van der Waals surface area contributed by atoms with Gasteiger partial charge in [-0.3, -0.25) is 5.10 Å². The van der Waals surface area contributed by atoms with E-state index in [0.717, 1.165) is 76.3 Å². The predicted octanol–water partition coefficient (Wildman–Crippen LogP) is 4.98. The summed E-state index contributed by atoms with van der Waals surface area (Å²) in [7, 11) is 3.65. The number of aromatic amines is 2. The number of carbonyl (C=O) groups is 1. The topological polar surface area (TPSA) is 106 Å². The molecule has 5 aromatic rings. The third kappa shape index (κ3) is 4.11. The van der Waals surface area contributed by atoms with Gasteiger partial charge < -0.3 is 24.4 Å². The number of anilines is 1. The fourth-order valence-corrected chi connectivity index (χ4v) is 6.24. The van der Waals surface area contributed by atoms with Crippen LogP contribution in [0, 0.1) is 0 Å². The molecule has 40 heavy (non-hydrogen) atoms. The van der Waals surface area contributed by atoms with Crippen LogP contribution < -0.4 is 9.64 Å². The lowest BCUT2D eigenvalue weighted by Crippen LogP contribution is -2.58. The summed E-state index contributed by atoms with van der Waals surface area (Å²) in [5, 5.41) is 9.79. The maximum atomic E-state index is 12.7. The molecule has 6 heterocycles. The minimum atomic E-state index is -0.154. The molecule has 2 amide bonds. The zero-order chi connectivity index (χ0) is 27.4. The van der Waals surface area contributed by atoms with E-state index in [1.165, 1.54) is 0 Å². The van der Waals surface area contributed by atoms with Gasteiger partial charge in [-0.25, -0.2) is 14.8 Å². The first-order valence-corrected chi connectivity index (χ1v) is 13.7. The third-order valence-electron chi connectivity index (χ3n) is 8.21. The van der Waals surface area contributed by atoms with Crippen LogP contribution in [0.25, 0.3) is 33.2 Å². The summed E-state index contributed by atoms with van der Waals surface area (Å²) in [6, 6.07) is 14.7. The molecule has 0 aliphatic carbocycles. The number of amides is 2. The second-order valence-electron chi connectivity index (χ2n) is 11.0. The number of rotatable bonds is 5. The molecule has 4 aromatic heterocycles. The van der Waals surface area contributed by atoms with Gasteiger partial charge in [0, 0.05) is 67.7 Å². The summed E-state index contributed by atoms with van der Waals surface area (Å²) in [5.41, 5.74) is 4.65. The number of hydrogen-bond donors (Lipinski definition) is 2. The molecule has 3 atom stereocenters. The second kappa shape index (κ2) is 9.55. The Bertz CT molecular complexity index is 1680. The molecular weight excluding hydrogens is 504 g/mol. The lowest BCUT2D eigenvalue weighted by atomic mass is 10.1. The third-order valence-corrected chi connectivity index (χ3v) is 8.21. The Morgan fingerprint density at radius 1 is 1.05 bits per heavy atom. The number of pyridine rings is 2. The van der Waals surface area contributed by atoms with Crippen molar-refractivity contribution in [2.75, 3.05) is 32.1 Å². The highest BCUT2D eigenvalue weighted by atomic mass is 16.5. The number of carbonyl (C=O) groups excluding carboxylic acids is 1. The van der Waals surface area contributed by atoms with E-state index in [-0.39, 0.29) is 24.2 Å². The second-order valence-corrected chi connectivity index (χ2v) is 11.0. The first-order chi connectivity index (χ1) is 19.5. The van der Waals surface area contributed by atoms with Crippen LogP contribution in [0.5, 0.6) is 5.75 Å². The number of nitrogens with one attached hydrogen (secondary N) is 2. The van der Waals surface area contributed by atoms with Crippen LogP contribution in [0.15, 0.2) is 61.1 Å². The first kappa shape index (κ1) is 24.4. The van der Waals surface area contributed by atoms with E-state index in [1.807, 2.05) is 63.7 Å². The van der Waals surface area contributed by atoms with Crippen molar-refractivity contribution in [2.45, 2.75) is 38.0 Å². The van der Waals surface area contributed by atoms with E-state index >= 15 is 0 Å². The predicted molar refractivity (Wildman–Crippen MR) is 154 cm³/mol. The summed E-state index contributed by atoms with van der Waals surface area (Å²) in [4.78, 5) is 31.1. The summed E-state index contributed by atoms with van der Waals surface area (Å²) in [6.45, 7) is 3.66. The van der Waals surface area contributed by atoms with Crippen LogP contribution in [-0.4, -0.2) is 80.2 Å². The van der Waals surface area contributed by atoms with Gasteiger partial charge in [0.25, 0.3) is 0 Å². The van der Waals surface area contributed by atoms with Gasteiger partial charge in [0.05, 0.1) is 17.6 Å². The molecule has 2 aliphatic rings. The Kier molecular flexibility index (Phi) is 5.83. The molecule has 0 spiro atoms. The number of piperazine rings is 1. The van der Waals surface area contributed by atoms with Crippen LogP contribution in [-0.2, 0) is 0 Å². The van der Waals surface area contributed by atoms with Crippen molar-refractivity contribution in [3.8, 4) is 17.0 Å². The van der Waals surface area contributed by atoms with E-state index in [1.54, 1.807) is 11.1 Å². The molecule has 1 aromatic carbocycles. The standard InChI is InChI=1S/C30H32N8O2/c1-18(23-10-12-31-29-24(23)11-13-32-29)40-22-7-8-26-25(14-22)28(35-34-26)19-4-9-27(33-15-19)37-16-20-5-6-21(17-37)38(20)30(39)36(2)3/h4,7-15,18,20-21H,5-6,16-17H2,1-3H3,(H,31,32)(H,34,35)/t18?,20-,21+. The van der Waals surface area contributed by atoms with Crippen molar-refractivity contribution in [1.82, 2.24) is 34.9 Å². The van der Waals surface area contributed by atoms with Gasteiger partial charge in [-0.15, -0.1) is 0 Å². The molecule has 0 radical (unpaired) electrons. The Hall–Kier alpha value is -4.60. The van der Waals surface area contributed by atoms with Gasteiger partial charge >= 0.3 is 6.03 Å². The van der Waals surface area contributed by atoms with Gasteiger partial charge in [-0.2, -0.15) is 5.10 Å². The number of H-pyrrole nitrogens is 2. The summed E-state index contributed by atoms with van der Waals surface area (Å²) < 4.78 is 6.37. The average Bonchev–Trinajstić information content (AvgIpc) is 3.68. The van der Waals surface area contributed by atoms with Gasteiger partial charge in [-0.1, -0.05) is 0 Å². The molecule has 2 bridgehead atoms. The highest BCUT2D eigenvalue weighted by molar-refractivity contribution is 5.93. The Balaban J connectivity index is 1.10. The monoisotopic (exact) mass is 536 g/mol. The lowest BCUT2D eigenvalue weighted by molar-refractivity contribution is 0.138. The van der Waals surface area contributed by atoms with Crippen molar-refractivity contribution < 1.29 is 9.53 Å². The normalized spacial score (nSPS) is 19.4. The minimum Gasteiger partial charge on any atom is -0.486 e. The van der Waals surface area contributed by atoms with Crippen molar-refractivity contribution in [3.05, 3.63) is 66.6 Å². The van der Waals surface area contributed by atoms with Gasteiger partial charge in [0.2, 0.25) is 0 Å². The number of fused-ring (bicyclic) bond motifs is 4. The Labute approximate surface area is 232 Å². The van der Waals surface area contributed by atoms with Crippen LogP contribution in [0.2, 0.25) is 0 Å². The van der Waals surface area contributed by atoms with E-state index in [2.05, 4.69) is 42.1 Å². The molecule has 10 heteroatoms. The zero-order valence-corrected chi connectivity index (χ0v) is 22.8. The van der Waals surface area contributed by atoms with Gasteiger partial charge in [0.1, 0.15) is 29.0 Å². The van der Waals surface area contributed by atoms with E-state index in [0.29, 0.717) is 0 Å². The number of hydrogen-bond acceptors (Lipinski definition) is 6. The smallest absolute Gasteiger partial charge is 0.320 e. The van der Waals surface area contributed by atoms with Crippen LogP contribution >= 0.6 is 0 Å². The quantitative estimate of drug-likeness (QED) is 0.328. The van der Waals surface area contributed by atoms with Gasteiger partial charge in [-0.05, 0) is 62.2 Å². The van der Waals surface area contributed by atoms with Crippen LogP contribution in [0.4, 0.5) is 10.6 Å². The zero-order valence-electron chi connectivity index (χ0n) is 22.8. The maximum Gasteiger partial charge on any atom is 0.320 e. The number of ether oxygens (including phenoxy) is 1. The van der Waals surface area contributed by atoms with E-state index in [9.17, 15) is 4.79 Å². The minimum absolute atomic E-state index is 0.108. The molecule has 2 N–H and O–H groups in total. The number of urea groups is 1. The summed E-state index contributed by atoms with van der Waals surface area (Å²) >= 11 is 0. The van der Waals surface area contributed by atoms with Crippen LogP contribution in [0.1, 0.15) is 31.4 Å². The summed E-state index contributed by atoms with van der Waals surface area (Å²) in [6.07, 6.45) is 7.51. The van der Waals surface area contributed by atoms with Crippen molar-refractivity contribution >= 4 is 33.8 Å². The molecule has 204 valence electrons. The Morgan fingerprint density at radius 3 is 2.62 bits per heavy atom.